The molecule has 1 aromatic rings. The molecule has 8 heteroatoms. The van der Waals surface area contributed by atoms with Crippen molar-refractivity contribution in [3.05, 3.63) is 21.7 Å². The van der Waals surface area contributed by atoms with E-state index in [0.717, 1.165) is 32.1 Å². The molecular formula is C15H21N3O5. The fourth-order valence-corrected chi connectivity index (χ4v) is 2.97. The van der Waals surface area contributed by atoms with Gasteiger partial charge in [0.1, 0.15) is 12.4 Å². The molecule has 0 spiro atoms. The lowest BCUT2D eigenvalue weighted by Gasteiger charge is -2.26. The van der Waals surface area contributed by atoms with Gasteiger partial charge in [0.05, 0.1) is 0 Å². The van der Waals surface area contributed by atoms with Crippen LogP contribution in [0.2, 0.25) is 0 Å². The van der Waals surface area contributed by atoms with Gasteiger partial charge in [0.25, 0.3) is 11.5 Å². The molecule has 1 aliphatic rings. The molecule has 23 heavy (non-hydrogen) atoms. The summed E-state index contributed by atoms with van der Waals surface area (Å²) in [6, 6.07) is -0.0367. The quantitative estimate of drug-likeness (QED) is 0.738. The first-order valence-electron chi connectivity index (χ1n) is 7.80. The Kier molecular flexibility index (Phi) is 5.36. The van der Waals surface area contributed by atoms with Gasteiger partial charge < -0.3 is 15.5 Å². The Balaban J connectivity index is 2.45. The number of carbonyl (C=O) groups excluding carboxylic acids is 1. The van der Waals surface area contributed by atoms with Gasteiger partial charge in [-0.3, -0.25) is 19.0 Å². The number of aromatic nitrogens is 2. The summed E-state index contributed by atoms with van der Waals surface area (Å²) in [5.74, 6) is -2.37. The van der Waals surface area contributed by atoms with Crippen LogP contribution in [-0.2, 0) is 11.2 Å². The molecule has 0 atom stereocenters. The Bertz CT molecular complexity index is 662. The first-order valence-corrected chi connectivity index (χ1v) is 7.80. The van der Waals surface area contributed by atoms with Gasteiger partial charge in [-0.05, 0) is 12.8 Å². The van der Waals surface area contributed by atoms with E-state index >= 15 is 0 Å². The minimum Gasteiger partial charge on any atom is -0.493 e. The molecule has 3 N–H and O–H groups in total. The molecule has 0 saturated heterocycles. The van der Waals surface area contributed by atoms with E-state index in [4.69, 9.17) is 5.11 Å². The van der Waals surface area contributed by atoms with Crippen LogP contribution in [0.3, 0.4) is 0 Å². The van der Waals surface area contributed by atoms with E-state index in [9.17, 15) is 19.5 Å². The van der Waals surface area contributed by atoms with E-state index in [-0.39, 0.29) is 6.04 Å². The first kappa shape index (κ1) is 17.0. The summed E-state index contributed by atoms with van der Waals surface area (Å²) in [5, 5.41) is 20.6. The van der Waals surface area contributed by atoms with Crippen LogP contribution in [-0.4, -0.2) is 38.2 Å². The van der Waals surface area contributed by atoms with Crippen LogP contribution >= 0.6 is 0 Å². The molecule has 0 aromatic carbocycles. The molecular weight excluding hydrogens is 302 g/mol. The van der Waals surface area contributed by atoms with E-state index in [1.54, 1.807) is 0 Å². The zero-order valence-corrected chi connectivity index (χ0v) is 13.0. The van der Waals surface area contributed by atoms with Crippen molar-refractivity contribution in [2.45, 2.75) is 51.5 Å². The summed E-state index contributed by atoms with van der Waals surface area (Å²) < 4.78 is 1.49. The lowest BCUT2D eigenvalue weighted by Crippen LogP contribution is -2.38. The van der Waals surface area contributed by atoms with Crippen molar-refractivity contribution in [1.29, 1.82) is 0 Å². The van der Waals surface area contributed by atoms with E-state index in [0.29, 0.717) is 12.2 Å². The first-order chi connectivity index (χ1) is 11.0. The Morgan fingerprint density at radius 3 is 2.52 bits per heavy atom. The number of carbonyl (C=O) groups is 2. The second-order valence-electron chi connectivity index (χ2n) is 5.62. The maximum Gasteiger partial charge on any atom is 0.322 e. The van der Waals surface area contributed by atoms with Crippen molar-refractivity contribution in [1.82, 2.24) is 14.9 Å². The maximum absolute atomic E-state index is 12.7. The number of carboxylic acid groups (broad SMARTS) is 1. The minimum atomic E-state index is -1.23. The number of aryl methyl sites for hydroxylation is 1. The highest BCUT2D eigenvalue weighted by Crippen LogP contribution is 2.28. The highest BCUT2D eigenvalue weighted by molar-refractivity contribution is 5.97. The smallest absolute Gasteiger partial charge is 0.322 e. The zero-order chi connectivity index (χ0) is 17.0. The number of aliphatic carboxylic acids is 1. The third-order valence-electron chi connectivity index (χ3n) is 4.05. The SMILES string of the molecule is CCc1nc(O)c(C(=O)NCC(=O)O)c(=O)n1C1CCCCC1. The fraction of sp³-hybridized carbons (Fsp3) is 0.600. The highest BCUT2D eigenvalue weighted by atomic mass is 16.4. The lowest BCUT2D eigenvalue weighted by atomic mass is 9.95. The van der Waals surface area contributed by atoms with Gasteiger partial charge in [-0.25, -0.2) is 0 Å². The molecule has 2 rings (SSSR count). The van der Waals surface area contributed by atoms with Crippen LogP contribution in [0.25, 0.3) is 0 Å². The predicted octanol–water partition coefficient (Wildman–Crippen LogP) is 0.831. The summed E-state index contributed by atoms with van der Waals surface area (Å²) in [7, 11) is 0. The second kappa shape index (κ2) is 7.26. The summed E-state index contributed by atoms with van der Waals surface area (Å²) in [6.45, 7) is 1.20. The van der Waals surface area contributed by atoms with Crippen molar-refractivity contribution < 1.29 is 19.8 Å². The number of hydrogen-bond donors (Lipinski definition) is 3. The Labute approximate surface area is 133 Å². The Morgan fingerprint density at radius 1 is 1.30 bits per heavy atom. The third kappa shape index (κ3) is 3.69. The van der Waals surface area contributed by atoms with Gasteiger partial charge in [0, 0.05) is 12.5 Å². The number of carboxylic acids is 1. The molecule has 0 radical (unpaired) electrons. The number of nitrogens with zero attached hydrogens (tertiary/aromatic N) is 2. The largest absolute Gasteiger partial charge is 0.493 e. The standard InChI is InChI=1S/C15H21N3O5/c1-2-10-17-14(22)12(13(21)16-8-11(19)20)15(23)18(10)9-6-4-3-5-7-9/h9,22H,2-8H2,1H3,(H,16,21)(H,19,20). The summed E-state index contributed by atoms with van der Waals surface area (Å²) in [5.41, 5.74) is -1.10. The van der Waals surface area contributed by atoms with Gasteiger partial charge >= 0.3 is 5.97 Å². The average Bonchev–Trinajstić information content (AvgIpc) is 2.53. The molecule has 1 amide bonds. The van der Waals surface area contributed by atoms with Crippen LogP contribution in [0.15, 0.2) is 4.79 Å². The zero-order valence-electron chi connectivity index (χ0n) is 13.0. The Morgan fingerprint density at radius 2 is 1.96 bits per heavy atom. The van der Waals surface area contributed by atoms with Crippen molar-refractivity contribution in [3.8, 4) is 5.88 Å². The normalized spacial score (nSPS) is 15.3. The van der Waals surface area contributed by atoms with Crippen molar-refractivity contribution in [2.24, 2.45) is 0 Å². The van der Waals surface area contributed by atoms with Gasteiger partial charge in [0.2, 0.25) is 5.88 Å². The number of aromatic hydroxyl groups is 1. The lowest BCUT2D eigenvalue weighted by molar-refractivity contribution is -0.135. The van der Waals surface area contributed by atoms with E-state index in [1.807, 2.05) is 6.92 Å². The molecule has 1 heterocycles. The summed E-state index contributed by atoms with van der Waals surface area (Å²) >= 11 is 0. The van der Waals surface area contributed by atoms with Gasteiger partial charge in [-0.2, -0.15) is 4.98 Å². The number of nitrogens with one attached hydrogen (secondary N) is 1. The van der Waals surface area contributed by atoms with Crippen LogP contribution < -0.4 is 10.9 Å². The van der Waals surface area contributed by atoms with Crippen molar-refractivity contribution in [3.63, 3.8) is 0 Å². The summed E-state index contributed by atoms with van der Waals surface area (Å²) in [4.78, 5) is 39.3. The van der Waals surface area contributed by atoms with Crippen LogP contribution in [0, 0.1) is 0 Å². The predicted molar refractivity (Wildman–Crippen MR) is 81.6 cm³/mol. The monoisotopic (exact) mass is 323 g/mol. The van der Waals surface area contributed by atoms with E-state index in [2.05, 4.69) is 10.3 Å². The van der Waals surface area contributed by atoms with E-state index < -0.39 is 35.4 Å². The second-order valence-corrected chi connectivity index (χ2v) is 5.62. The molecule has 1 saturated carbocycles. The van der Waals surface area contributed by atoms with Crippen molar-refractivity contribution in [2.75, 3.05) is 6.54 Å². The molecule has 1 aromatic heterocycles. The maximum atomic E-state index is 12.7. The van der Waals surface area contributed by atoms with Gasteiger partial charge in [-0.1, -0.05) is 26.2 Å². The highest BCUT2D eigenvalue weighted by Gasteiger charge is 2.26. The fourth-order valence-electron chi connectivity index (χ4n) is 2.97. The van der Waals surface area contributed by atoms with Crippen LogP contribution in [0.5, 0.6) is 5.88 Å². The minimum absolute atomic E-state index is 0.0367. The van der Waals surface area contributed by atoms with Crippen molar-refractivity contribution >= 4 is 11.9 Å². The topological polar surface area (TPSA) is 122 Å². The molecule has 0 bridgehead atoms. The van der Waals surface area contributed by atoms with Gasteiger partial charge in [-0.15, -0.1) is 0 Å². The molecule has 1 aliphatic carbocycles. The summed E-state index contributed by atoms with van der Waals surface area (Å²) in [6.07, 6.45) is 5.23. The molecule has 0 unspecified atom stereocenters. The molecule has 126 valence electrons. The molecule has 1 fully saturated rings. The molecule has 0 aliphatic heterocycles. The number of hydrogen-bond acceptors (Lipinski definition) is 5. The average molecular weight is 323 g/mol. The van der Waals surface area contributed by atoms with Crippen LogP contribution in [0.4, 0.5) is 0 Å². The number of amides is 1. The number of rotatable bonds is 5. The Hall–Kier alpha value is -2.38. The van der Waals surface area contributed by atoms with Crippen LogP contribution in [0.1, 0.15) is 61.3 Å². The third-order valence-corrected chi connectivity index (χ3v) is 4.05. The van der Waals surface area contributed by atoms with E-state index in [1.165, 1.54) is 4.57 Å². The molecule has 8 nitrogen and oxygen atoms in total. The van der Waals surface area contributed by atoms with Gasteiger partial charge in [0.15, 0.2) is 5.56 Å².